The molecule has 74 valence electrons. The van der Waals surface area contributed by atoms with Crippen LogP contribution in [-0.2, 0) is 0 Å². The molecule has 0 aliphatic carbocycles. The zero-order valence-electron chi connectivity index (χ0n) is 7.71. The van der Waals surface area contributed by atoms with Crippen LogP contribution in [-0.4, -0.2) is 6.61 Å². The third kappa shape index (κ3) is 1.42. The summed E-state index contributed by atoms with van der Waals surface area (Å²) in [7, 11) is 0. The van der Waals surface area contributed by atoms with Crippen molar-refractivity contribution in [3.8, 4) is 5.75 Å². The highest BCUT2D eigenvalue weighted by Crippen LogP contribution is 2.34. The molecule has 14 heavy (non-hydrogen) atoms. The summed E-state index contributed by atoms with van der Waals surface area (Å²) in [5.74, 6) is 0.425. The summed E-state index contributed by atoms with van der Waals surface area (Å²) in [5.41, 5.74) is 5.48. The lowest BCUT2D eigenvalue weighted by Gasteiger charge is -2.01. The first-order chi connectivity index (χ1) is 6.72. The maximum absolute atomic E-state index is 13.3. The fourth-order valence-electron chi connectivity index (χ4n) is 1.32. The van der Waals surface area contributed by atoms with E-state index < -0.39 is 0 Å². The first-order valence-corrected chi connectivity index (χ1v) is 5.14. The van der Waals surface area contributed by atoms with Crippen LogP contribution in [0.5, 0.6) is 5.75 Å². The zero-order chi connectivity index (χ0) is 10.1. The molecular formula is C10H10FNOS. The average molecular weight is 211 g/mol. The Kier molecular flexibility index (Phi) is 2.29. The van der Waals surface area contributed by atoms with Gasteiger partial charge in [0.1, 0.15) is 10.8 Å². The highest BCUT2D eigenvalue weighted by Gasteiger charge is 2.09. The van der Waals surface area contributed by atoms with E-state index in [1.54, 1.807) is 12.1 Å². The van der Waals surface area contributed by atoms with Crippen molar-refractivity contribution in [2.24, 2.45) is 0 Å². The number of thiophene rings is 1. The minimum Gasteiger partial charge on any atom is -0.494 e. The van der Waals surface area contributed by atoms with E-state index in [2.05, 4.69) is 0 Å². The first kappa shape index (κ1) is 9.27. The Morgan fingerprint density at radius 2 is 2.29 bits per heavy atom. The minimum atomic E-state index is -0.326. The largest absolute Gasteiger partial charge is 0.494 e. The quantitative estimate of drug-likeness (QED) is 0.828. The molecular weight excluding hydrogens is 201 g/mol. The standard InChI is InChI=1S/C10H10FNOS/c1-2-13-6-3-4-7-8(5-6)14-10(12)9(7)11/h3-5H,2,12H2,1H3. The highest BCUT2D eigenvalue weighted by atomic mass is 32.1. The molecule has 0 spiro atoms. The molecule has 0 bridgehead atoms. The van der Waals surface area contributed by atoms with Crippen molar-refractivity contribution in [1.29, 1.82) is 0 Å². The van der Waals surface area contributed by atoms with Gasteiger partial charge in [0.05, 0.1) is 6.61 Å². The smallest absolute Gasteiger partial charge is 0.165 e. The lowest BCUT2D eigenvalue weighted by molar-refractivity contribution is 0.341. The fourth-order valence-corrected chi connectivity index (χ4v) is 2.20. The monoisotopic (exact) mass is 211 g/mol. The number of hydrogen-bond donors (Lipinski definition) is 1. The number of anilines is 1. The second-order valence-corrected chi connectivity index (χ2v) is 3.96. The molecule has 0 saturated carbocycles. The number of fused-ring (bicyclic) bond motifs is 1. The molecule has 2 nitrogen and oxygen atoms in total. The number of nitrogen functional groups attached to an aromatic ring is 1. The van der Waals surface area contributed by atoms with Crippen LogP contribution in [0.2, 0.25) is 0 Å². The van der Waals surface area contributed by atoms with Gasteiger partial charge in [0.2, 0.25) is 0 Å². The van der Waals surface area contributed by atoms with Gasteiger partial charge in [0.25, 0.3) is 0 Å². The van der Waals surface area contributed by atoms with E-state index in [4.69, 9.17) is 10.5 Å². The van der Waals surface area contributed by atoms with E-state index in [9.17, 15) is 4.39 Å². The highest BCUT2D eigenvalue weighted by molar-refractivity contribution is 7.22. The van der Waals surface area contributed by atoms with E-state index in [-0.39, 0.29) is 10.8 Å². The van der Waals surface area contributed by atoms with Gasteiger partial charge < -0.3 is 10.5 Å². The number of ether oxygens (including phenoxy) is 1. The van der Waals surface area contributed by atoms with Gasteiger partial charge >= 0.3 is 0 Å². The maximum Gasteiger partial charge on any atom is 0.165 e. The van der Waals surface area contributed by atoms with Crippen molar-refractivity contribution in [2.75, 3.05) is 12.3 Å². The Morgan fingerprint density at radius 1 is 1.50 bits per heavy atom. The van der Waals surface area contributed by atoms with Crippen LogP contribution in [0.4, 0.5) is 9.39 Å². The van der Waals surface area contributed by atoms with Crippen LogP contribution >= 0.6 is 11.3 Å². The number of halogens is 1. The Bertz CT molecular complexity index is 466. The molecule has 2 rings (SSSR count). The predicted octanol–water partition coefficient (Wildman–Crippen LogP) is 3.02. The third-order valence-electron chi connectivity index (χ3n) is 1.94. The van der Waals surface area contributed by atoms with Crippen molar-refractivity contribution < 1.29 is 9.13 Å². The SMILES string of the molecule is CCOc1ccc2c(F)c(N)sc2c1. The van der Waals surface area contributed by atoms with E-state index in [0.717, 1.165) is 10.4 Å². The molecule has 0 aliphatic rings. The molecule has 1 aromatic carbocycles. The maximum atomic E-state index is 13.3. The van der Waals surface area contributed by atoms with Gasteiger partial charge in [0.15, 0.2) is 5.82 Å². The van der Waals surface area contributed by atoms with E-state index in [1.807, 2.05) is 13.0 Å². The number of nitrogens with two attached hydrogens (primary N) is 1. The molecule has 0 atom stereocenters. The van der Waals surface area contributed by atoms with Gasteiger partial charge in [-0.15, -0.1) is 11.3 Å². The minimum absolute atomic E-state index is 0.230. The van der Waals surface area contributed by atoms with Crippen molar-refractivity contribution in [3.63, 3.8) is 0 Å². The van der Waals surface area contributed by atoms with Gasteiger partial charge in [-0.1, -0.05) is 0 Å². The number of benzene rings is 1. The topological polar surface area (TPSA) is 35.2 Å². The molecule has 0 radical (unpaired) electrons. The van der Waals surface area contributed by atoms with Crippen LogP contribution in [0, 0.1) is 5.82 Å². The van der Waals surface area contributed by atoms with Crippen LogP contribution in [0.3, 0.4) is 0 Å². The molecule has 4 heteroatoms. The molecule has 0 amide bonds. The van der Waals surface area contributed by atoms with Crippen molar-refractivity contribution in [1.82, 2.24) is 0 Å². The molecule has 0 unspecified atom stereocenters. The summed E-state index contributed by atoms with van der Waals surface area (Å²) in [4.78, 5) is 0. The van der Waals surface area contributed by atoms with Crippen LogP contribution in [0.25, 0.3) is 10.1 Å². The summed E-state index contributed by atoms with van der Waals surface area (Å²) in [5, 5.41) is 0.796. The van der Waals surface area contributed by atoms with Crippen molar-refractivity contribution in [2.45, 2.75) is 6.92 Å². The molecule has 2 N–H and O–H groups in total. The van der Waals surface area contributed by atoms with E-state index in [1.165, 1.54) is 11.3 Å². The molecule has 0 saturated heterocycles. The fraction of sp³-hybridized carbons (Fsp3) is 0.200. The van der Waals surface area contributed by atoms with Gasteiger partial charge in [-0.25, -0.2) is 4.39 Å². The molecule has 0 aliphatic heterocycles. The summed E-state index contributed by atoms with van der Waals surface area (Å²) < 4.78 is 19.5. The predicted molar refractivity (Wildman–Crippen MR) is 57.4 cm³/mol. The third-order valence-corrected chi connectivity index (χ3v) is 2.89. The number of rotatable bonds is 2. The normalized spacial score (nSPS) is 10.7. The van der Waals surface area contributed by atoms with Crippen molar-refractivity contribution >= 4 is 26.4 Å². The Morgan fingerprint density at radius 3 is 3.00 bits per heavy atom. The summed E-state index contributed by atoms with van der Waals surface area (Å²) in [6.45, 7) is 2.52. The summed E-state index contributed by atoms with van der Waals surface area (Å²) >= 11 is 1.24. The average Bonchev–Trinajstić information content (AvgIpc) is 2.43. The van der Waals surface area contributed by atoms with Crippen molar-refractivity contribution in [3.05, 3.63) is 24.0 Å². The van der Waals surface area contributed by atoms with E-state index in [0.29, 0.717) is 12.0 Å². The lowest BCUT2D eigenvalue weighted by atomic mass is 10.2. The van der Waals surface area contributed by atoms with Gasteiger partial charge in [-0.2, -0.15) is 0 Å². The van der Waals surface area contributed by atoms with Gasteiger partial charge in [-0.05, 0) is 25.1 Å². The molecule has 2 aromatic rings. The Hall–Kier alpha value is -1.29. The Balaban J connectivity index is 2.56. The first-order valence-electron chi connectivity index (χ1n) is 4.32. The van der Waals surface area contributed by atoms with E-state index >= 15 is 0 Å². The second-order valence-electron chi connectivity index (χ2n) is 2.87. The molecule has 0 fully saturated rings. The molecule has 1 heterocycles. The Labute approximate surface area is 85.1 Å². The lowest BCUT2D eigenvalue weighted by Crippen LogP contribution is -1.90. The van der Waals surface area contributed by atoms with Crippen LogP contribution in [0.15, 0.2) is 18.2 Å². The summed E-state index contributed by atoms with van der Waals surface area (Å²) in [6, 6.07) is 5.26. The molecule has 1 aromatic heterocycles. The zero-order valence-corrected chi connectivity index (χ0v) is 8.53. The second kappa shape index (κ2) is 3.46. The summed E-state index contributed by atoms with van der Waals surface area (Å²) in [6.07, 6.45) is 0. The van der Waals surface area contributed by atoms with Gasteiger partial charge in [-0.3, -0.25) is 0 Å². The van der Waals surface area contributed by atoms with Crippen LogP contribution < -0.4 is 10.5 Å². The number of hydrogen-bond acceptors (Lipinski definition) is 3. The van der Waals surface area contributed by atoms with Gasteiger partial charge in [0, 0.05) is 10.1 Å². The van der Waals surface area contributed by atoms with Crippen LogP contribution in [0.1, 0.15) is 6.92 Å².